The topological polar surface area (TPSA) is 103 Å². The standard InChI is InChI=1S/C20H22Cl2N6O4S/c1-14-19(12-23-25(14)2)33(30,31)28-9-7-26(8-10-28)20(29)17-5-6-27(24-17)13-32-18-4-3-15(21)11-16(18)22/h3-6,11-12H,7-10,13H2,1-2H3. The van der Waals surface area contributed by atoms with Crippen LogP contribution in [0.2, 0.25) is 10.0 Å². The van der Waals surface area contributed by atoms with E-state index in [1.165, 1.54) is 19.9 Å². The molecule has 3 heterocycles. The smallest absolute Gasteiger partial charge is 0.274 e. The lowest BCUT2D eigenvalue weighted by molar-refractivity contribution is 0.0690. The molecule has 1 aliphatic rings. The highest BCUT2D eigenvalue weighted by atomic mass is 35.5. The minimum atomic E-state index is -3.66. The zero-order chi connectivity index (χ0) is 23.8. The van der Waals surface area contributed by atoms with Gasteiger partial charge in [-0.2, -0.15) is 14.5 Å². The van der Waals surface area contributed by atoms with Crippen LogP contribution < -0.4 is 4.74 Å². The number of piperazine rings is 1. The van der Waals surface area contributed by atoms with Crippen molar-refractivity contribution >= 4 is 39.1 Å². The average molecular weight is 513 g/mol. The van der Waals surface area contributed by atoms with E-state index >= 15 is 0 Å². The van der Waals surface area contributed by atoms with Crippen LogP contribution in [0, 0.1) is 6.92 Å². The van der Waals surface area contributed by atoms with Gasteiger partial charge in [-0.15, -0.1) is 0 Å². The Morgan fingerprint density at radius 2 is 1.88 bits per heavy atom. The van der Waals surface area contributed by atoms with Gasteiger partial charge in [-0.05, 0) is 31.2 Å². The molecule has 0 aliphatic carbocycles. The summed E-state index contributed by atoms with van der Waals surface area (Å²) >= 11 is 12.0. The number of benzene rings is 1. The third-order valence-corrected chi connectivity index (χ3v) is 7.97. The van der Waals surface area contributed by atoms with Crippen LogP contribution in [0.4, 0.5) is 0 Å². The first-order valence-electron chi connectivity index (χ1n) is 10.1. The Morgan fingerprint density at radius 1 is 1.15 bits per heavy atom. The normalized spacial score (nSPS) is 15.1. The maximum absolute atomic E-state index is 12.9. The molecule has 1 aliphatic heterocycles. The number of amides is 1. The molecule has 0 saturated carbocycles. The van der Waals surface area contributed by atoms with E-state index in [4.69, 9.17) is 27.9 Å². The van der Waals surface area contributed by atoms with Gasteiger partial charge in [0.25, 0.3) is 5.91 Å². The maximum Gasteiger partial charge on any atom is 0.274 e. The van der Waals surface area contributed by atoms with Crippen molar-refractivity contribution in [2.75, 3.05) is 26.2 Å². The molecule has 0 spiro atoms. The molecule has 3 aromatic rings. The summed E-state index contributed by atoms with van der Waals surface area (Å²) in [5, 5.41) is 9.16. The Hall–Kier alpha value is -2.60. The number of halogens is 2. The molecule has 0 atom stereocenters. The number of hydrogen-bond donors (Lipinski definition) is 0. The Morgan fingerprint density at radius 3 is 2.52 bits per heavy atom. The maximum atomic E-state index is 12.9. The van der Waals surface area contributed by atoms with E-state index in [9.17, 15) is 13.2 Å². The molecule has 13 heteroatoms. The largest absolute Gasteiger partial charge is 0.470 e. The van der Waals surface area contributed by atoms with Crippen molar-refractivity contribution in [3.8, 4) is 5.75 Å². The molecule has 0 radical (unpaired) electrons. The van der Waals surface area contributed by atoms with Crippen LogP contribution in [-0.4, -0.2) is 69.3 Å². The lowest BCUT2D eigenvalue weighted by atomic mass is 10.3. The highest BCUT2D eigenvalue weighted by Gasteiger charge is 2.33. The third-order valence-electron chi connectivity index (χ3n) is 5.44. The van der Waals surface area contributed by atoms with Gasteiger partial charge in [0.05, 0.1) is 16.9 Å². The van der Waals surface area contributed by atoms with Crippen LogP contribution in [0.15, 0.2) is 41.6 Å². The van der Waals surface area contributed by atoms with Crippen LogP contribution in [0.3, 0.4) is 0 Å². The lowest BCUT2D eigenvalue weighted by Crippen LogP contribution is -2.50. The highest BCUT2D eigenvalue weighted by molar-refractivity contribution is 7.89. The number of hydrogen-bond acceptors (Lipinski definition) is 6. The van der Waals surface area contributed by atoms with Gasteiger partial charge in [0.2, 0.25) is 10.0 Å². The molecule has 0 unspecified atom stereocenters. The van der Waals surface area contributed by atoms with E-state index in [0.717, 1.165) is 0 Å². The van der Waals surface area contributed by atoms with Gasteiger partial charge in [0.15, 0.2) is 12.4 Å². The van der Waals surface area contributed by atoms with E-state index in [0.29, 0.717) is 21.5 Å². The van der Waals surface area contributed by atoms with Crippen LogP contribution in [0.1, 0.15) is 16.2 Å². The molecular formula is C20H22Cl2N6O4S. The Kier molecular flexibility index (Phi) is 6.66. The zero-order valence-electron chi connectivity index (χ0n) is 18.0. The van der Waals surface area contributed by atoms with Gasteiger partial charge in [-0.3, -0.25) is 9.48 Å². The second-order valence-electron chi connectivity index (χ2n) is 7.50. The first-order chi connectivity index (χ1) is 15.7. The average Bonchev–Trinajstić information content (AvgIpc) is 3.40. The van der Waals surface area contributed by atoms with Gasteiger partial charge in [0.1, 0.15) is 10.6 Å². The predicted octanol–water partition coefficient (Wildman–Crippen LogP) is 2.42. The fourth-order valence-corrected chi connectivity index (χ4v) is 5.51. The summed E-state index contributed by atoms with van der Waals surface area (Å²) in [4.78, 5) is 14.6. The SMILES string of the molecule is Cc1c(S(=O)(=O)N2CCN(C(=O)c3ccn(COc4ccc(Cl)cc4Cl)n3)CC2)cnn1C. The van der Waals surface area contributed by atoms with Gasteiger partial charge in [-0.25, -0.2) is 13.1 Å². The number of sulfonamides is 1. The van der Waals surface area contributed by atoms with E-state index in [1.807, 2.05) is 0 Å². The summed E-state index contributed by atoms with van der Waals surface area (Å²) in [6.45, 7) is 2.69. The number of nitrogens with zero attached hydrogens (tertiary/aromatic N) is 6. The quantitative estimate of drug-likeness (QED) is 0.502. The molecule has 1 fully saturated rings. The number of rotatable bonds is 6. The van der Waals surface area contributed by atoms with E-state index in [1.54, 1.807) is 49.3 Å². The molecule has 0 N–H and O–H groups in total. The molecule has 10 nitrogen and oxygen atoms in total. The minimum absolute atomic E-state index is 0.0606. The lowest BCUT2D eigenvalue weighted by Gasteiger charge is -2.33. The van der Waals surface area contributed by atoms with Crippen LogP contribution in [0.25, 0.3) is 0 Å². The van der Waals surface area contributed by atoms with E-state index in [2.05, 4.69) is 10.2 Å². The molecular weight excluding hydrogens is 491 g/mol. The number of carbonyl (C=O) groups is 1. The minimum Gasteiger partial charge on any atom is -0.470 e. The molecule has 176 valence electrons. The van der Waals surface area contributed by atoms with Crippen molar-refractivity contribution in [1.82, 2.24) is 28.8 Å². The fraction of sp³-hybridized carbons (Fsp3) is 0.350. The second-order valence-corrected chi connectivity index (χ2v) is 10.3. The van der Waals surface area contributed by atoms with Crippen molar-refractivity contribution in [3.63, 3.8) is 0 Å². The second kappa shape index (κ2) is 9.34. The Bertz CT molecular complexity index is 1280. The third kappa shape index (κ3) is 4.86. The summed E-state index contributed by atoms with van der Waals surface area (Å²) in [6, 6.07) is 6.49. The summed E-state index contributed by atoms with van der Waals surface area (Å²) in [7, 11) is -1.97. The number of carbonyl (C=O) groups excluding carboxylic acids is 1. The van der Waals surface area contributed by atoms with Gasteiger partial charge >= 0.3 is 0 Å². The Balaban J connectivity index is 1.35. The fourth-order valence-electron chi connectivity index (χ4n) is 3.44. The predicted molar refractivity (Wildman–Crippen MR) is 122 cm³/mol. The summed E-state index contributed by atoms with van der Waals surface area (Å²) < 4.78 is 35.9. The molecule has 1 saturated heterocycles. The summed E-state index contributed by atoms with van der Waals surface area (Å²) in [5.74, 6) is 0.179. The van der Waals surface area contributed by atoms with Crippen molar-refractivity contribution in [3.05, 3.63) is 58.1 Å². The van der Waals surface area contributed by atoms with Crippen molar-refractivity contribution in [1.29, 1.82) is 0 Å². The first-order valence-corrected chi connectivity index (χ1v) is 12.3. The zero-order valence-corrected chi connectivity index (χ0v) is 20.3. The van der Waals surface area contributed by atoms with Gasteiger partial charge in [0, 0.05) is 44.4 Å². The summed E-state index contributed by atoms with van der Waals surface area (Å²) in [5.41, 5.74) is 0.821. The monoisotopic (exact) mass is 512 g/mol. The van der Waals surface area contributed by atoms with Crippen LogP contribution in [0.5, 0.6) is 5.75 Å². The van der Waals surface area contributed by atoms with Crippen molar-refractivity contribution in [2.45, 2.75) is 18.6 Å². The molecule has 0 bridgehead atoms. The molecule has 1 aromatic carbocycles. The highest BCUT2D eigenvalue weighted by Crippen LogP contribution is 2.27. The van der Waals surface area contributed by atoms with E-state index in [-0.39, 0.29) is 49.4 Å². The van der Waals surface area contributed by atoms with Gasteiger partial charge < -0.3 is 9.64 Å². The number of ether oxygens (including phenoxy) is 1. The first kappa shape index (κ1) is 23.6. The molecule has 33 heavy (non-hydrogen) atoms. The Labute approximate surface area is 201 Å². The molecule has 2 aromatic heterocycles. The number of aromatic nitrogens is 4. The van der Waals surface area contributed by atoms with Crippen molar-refractivity contribution in [2.24, 2.45) is 7.05 Å². The van der Waals surface area contributed by atoms with Crippen LogP contribution in [-0.2, 0) is 23.8 Å². The summed E-state index contributed by atoms with van der Waals surface area (Å²) in [6.07, 6.45) is 2.98. The number of aryl methyl sites for hydroxylation is 1. The molecule has 1 amide bonds. The molecule has 4 rings (SSSR count). The van der Waals surface area contributed by atoms with E-state index < -0.39 is 10.0 Å². The van der Waals surface area contributed by atoms with Gasteiger partial charge in [-0.1, -0.05) is 23.2 Å². The van der Waals surface area contributed by atoms with Crippen molar-refractivity contribution < 1.29 is 17.9 Å². The van der Waals surface area contributed by atoms with Crippen LogP contribution >= 0.6 is 23.2 Å².